The van der Waals surface area contributed by atoms with E-state index < -0.39 is 17.7 Å². The van der Waals surface area contributed by atoms with Crippen molar-refractivity contribution in [2.45, 2.75) is 25.5 Å². The van der Waals surface area contributed by atoms with Crippen LogP contribution < -0.4 is 5.32 Å². The molecule has 58 valence electrons. The summed E-state index contributed by atoms with van der Waals surface area (Å²) in [5.41, 5.74) is -0.439. The number of cyclic esters (lactones) is 1. The van der Waals surface area contributed by atoms with E-state index in [0.29, 0.717) is 0 Å². The number of hydrogen-bond acceptors (Lipinski definition) is 3. The van der Waals surface area contributed by atoms with Gasteiger partial charge in [-0.3, -0.25) is 0 Å². The third-order valence-corrected chi connectivity index (χ3v) is 1.64. The van der Waals surface area contributed by atoms with Crippen molar-refractivity contribution < 1.29 is 14.6 Å². The van der Waals surface area contributed by atoms with Gasteiger partial charge in [-0.2, -0.15) is 0 Å². The minimum absolute atomic E-state index is 0.133. The summed E-state index contributed by atoms with van der Waals surface area (Å²) in [5.74, 6) is 0. The first-order valence-corrected chi connectivity index (χ1v) is 3.16. The molecule has 1 rings (SSSR count). The highest BCUT2D eigenvalue weighted by Crippen LogP contribution is 2.18. The van der Waals surface area contributed by atoms with Gasteiger partial charge in [0.25, 0.3) is 0 Å². The molecule has 0 aromatic rings. The molecule has 0 aliphatic carbocycles. The van der Waals surface area contributed by atoms with Crippen molar-refractivity contribution in [2.75, 3.05) is 6.61 Å². The lowest BCUT2D eigenvalue weighted by molar-refractivity contribution is 0.0657. The van der Waals surface area contributed by atoms with E-state index in [-0.39, 0.29) is 6.61 Å². The average molecular weight is 145 g/mol. The Morgan fingerprint density at radius 2 is 2.40 bits per heavy atom. The third kappa shape index (κ3) is 1.07. The summed E-state index contributed by atoms with van der Waals surface area (Å²) in [6.07, 6.45) is -0.871. The average Bonchev–Trinajstić information content (AvgIpc) is 2.04. The quantitative estimate of drug-likeness (QED) is 0.540. The van der Waals surface area contributed by atoms with Crippen LogP contribution in [0.2, 0.25) is 0 Å². The van der Waals surface area contributed by atoms with Crippen molar-refractivity contribution in [2.24, 2.45) is 0 Å². The molecule has 0 spiro atoms. The molecule has 1 fully saturated rings. The van der Waals surface area contributed by atoms with Crippen LogP contribution in [-0.2, 0) is 4.74 Å². The first kappa shape index (κ1) is 7.34. The fourth-order valence-electron chi connectivity index (χ4n) is 0.915. The number of carbonyl (C=O) groups excluding carboxylic acids is 1. The van der Waals surface area contributed by atoms with Crippen LogP contribution in [0.4, 0.5) is 4.79 Å². The maximum Gasteiger partial charge on any atom is 0.408 e. The Morgan fingerprint density at radius 3 is 2.60 bits per heavy atom. The maximum absolute atomic E-state index is 10.6. The number of alkyl carbamates (subject to hydrolysis) is 1. The van der Waals surface area contributed by atoms with Gasteiger partial charge in [-0.25, -0.2) is 4.79 Å². The smallest absolute Gasteiger partial charge is 0.408 e. The van der Waals surface area contributed by atoms with Crippen molar-refractivity contribution in [3.8, 4) is 0 Å². The first-order valence-electron chi connectivity index (χ1n) is 3.16. The molecule has 1 unspecified atom stereocenters. The molecule has 10 heavy (non-hydrogen) atoms. The topological polar surface area (TPSA) is 58.6 Å². The molecular formula is C6H11NO3. The van der Waals surface area contributed by atoms with Gasteiger partial charge in [0.1, 0.15) is 6.10 Å². The predicted molar refractivity (Wildman–Crippen MR) is 34.6 cm³/mol. The SMILES string of the molecule is CC1(C)NC(=O)OC1CO. The van der Waals surface area contributed by atoms with E-state index in [2.05, 4.69) is 5.32 Å². The molecule has 1 aliphatic rings. The zero-order chi connectivity index (χ0) is 7.78. The second-order valence-corrected chi connectivity index (χ2v) is 2.92. The van der Waals surface area contributed by atoms with Crippen molar-refractivity contribution in [3.05, 3.63) is 0 Å². The van der Waals surface area contributed by atoms with Gasteiger partial charge in [-0.15, -0.1) is 0 Å². The summed E-state index contributed by atoms with van der Waals surface area (Å²) in [5, 5.41) is 11.3. The second-order valence-electron chi connectivity index (χ2n) is 2.92. The Morgan fingerprint density at radius 1 is 1.80 bits per heavy atom. The van der Waals surface area contributed by atoms with E-state index in [1.165, 1.54) is 0 Å². The molecule has 1 atom stereocenters. The molecule has 2 N–H and O–H groups in total. The summed E-state index contributed by atoms with van der Waals surface area (Å²) in [4.78, 5) is 10.6. The minimum Gasteiger partial charge on any atom is -0.441 e. The molecule has 1 heterocycles. The number of carbonyl (C=O) groups is 1. The first-order chi connectivity index (χ1) is 4.56. The number of amides is 1. The third-order valence-electron chi connectivity index (χ3n) is 1.64. The summed E-state index contributed by atoms with van der Waals surface area (Å²) in [6, 6.07) is 0. The van der Waals surface area contributed by atoms with Gasteiger partial charge in [0, 0.05) is 0 Å². The van der Waals surface area contributed by atoms with Gasteiger partial charge in [-0.05, 0) is 13.8 Å². The monoisotopic (exact) mass is 145 g/mol. The largest absolute Gasteiger partial charge is 0.441 e. The normalized spacial score (nSPS) is 29.5. The molecule has 0 radical (unpaired) electrons. The minimum atomic E-state index is -0.455. The highest BCUT2D eigenvalue weighted by atomic mass is 16.6. The van der Waals surface area contributed by atoms with Crippen molar-refractivity contribution >= 4 is 6.09 Å². The Bertz CT molecular complexity index is 155. The van der Waals surface area contributed by atoms with Crippen LogP contribution in [0.25, 0.3) is 0 Å². The number of ether oxygens (including phenoxy) is 1. The number of hydrogen-bond donors (Lipinski definition) is 2. The summed E-state index contributed by atoms with van der Waals surface area (Å²) < 4.78 is 4.73. The highest BCUT2D eigenvalue weighted by molar-refractivity contribution is 5.71. The Kier molecular flexibility index (Phi) is 1.56. The number of nitrogens with one attached hydrogen (secondary N) is 1. The van der Waals surface area contributed by atoms with Gasteiger partial charge in [0.2, 0.25) is 0 Å². The lowest BCUT2D eigenvalue weighted by Crippen LogP contribution is -2.43. The standard InChI is InChI=1S/C6H11NO3/c1-6(2)4(3-8)10-5(9)7-6/h4,8H,3H2,1-2H3,(H,7,9). The Hall–Kier alpha value is -0.770. The zero-order valence-corrected chi connectivity index (χ0v) is 6.05. The molecule has 4 nitrogen and oxygen atoms in total. The fraction of sp³-hybridized carbons (Fsp3) is 0.833. The van der Waals surface area contributed by atoms with Crippen LogP contribution in [0, 0.1) is 0 Å². The lowest BCUT2D eigenvalue weighted by atomic mass is 10.00. The molecule has 1 saturated heterocycles. The van der Waals surface area contributed by atoms with Gasteiger partial charge >= 0.3 is 6.09 Å². The molecule has 0 saturated carbocycles. The van der Waals surface area contributed by atoms with E-state index in [4.69, 9.17) is 9.84 Å². The van der Waals surface area contributed by atoms with E-state index >= 15 is 0 Å². The van der Waals surface area contributed by atoms with Crippen LogP contribution in [0.15, 0.2) is 0 Å². The number of aliphatic hydroxyl groups excluding tert-OH is 1. The van der Waals surface area contributed by atoms with E-state index in [1.807, 2.05) is 0 Å². The van der Waals surface area contributed by atoms with Crippen molar-refractivity contribution in [3.63, 3.8) is 0 Å². The lowest BCUT2D eigenvalue weighted by Gasteiger charge is -2.20. The molecule has 0 aromatic carbocycles. The van der Waals surface area contributed by atoms with Crippen LogP contribution >= 0.6 is 0 Å². The summed E-state index contributed by atoms with van der Waals surface area (Å²) >= 11 is 0. The van der Waals surface area contributed by atoms with Crippen LogP contribution in [-0.4, -0.2) is 29.4 Å². The van der Waals surface area contributed by atoms with Crippen molar-refractivity contribution in [1.29, 1.82) is 0 Å². The Labute approximate surface area is 59.2 Å². The second kappa shape index (κ2) is 2.12. The number of aliphatic hydroxyl groups is 1. The molecule has 0 bridgehead atoms. The van der Waals surface area contributed by atoms with Crippen LogP contribution in [0.5, 0.6) is 0 Å². The molecular weight excluding hydrogens is 134 g/mol. The van der Waals surface area contributed by atoms with Crippen molar-refractivity contribution in [1.82, 2.24) is 5.32 Å². The van der Waals surface area contributed by atoms with E-state index in [9.17, 15) is 4.79 Å². The molecule has 4 heteroatoms. The van der Waals surface area contributed by atoms with Crippen LogP contribution in [0.3, 0.4) is 0 Å². The van der Waals surface area contributed by atoms with Crippen LogP contribution in [0.1, 0.15) is 13.8 Å². The number of rotatable bonds is 1. The van der Waals surface area contributed by atoms with Gasteiger partial charge in [0.05, 0.1) is 12.1 Å². The Balaban J connectivity index is 2.67. The summed E-state index contributed by atoms with van der Waals surface area (Å²) in [7, 11) is 0. The van der Waals surface area contributed by atoms with E-state index in [0.717, 1.165) is 0 Å². The molecule has 1 aliphatic heterocycles. The van der Waals surface area contributed by atoms with Gasteiger partial charge < -0.3 is 15.2 Å². The van der Waals surface area contributed by atoms with E-state index in [1.54, 1.807) is 13.8 Å². The maximum atomic E-state index is 10.6. The summed E-state index contributed by atoms with van der Waals surface area (Å²) in [6.45, 7) is 3.48. The van der Waals surface area contributed by atoms with Gasteiger partial charge in [-0.1, -0.05) is 0 Å². The molecule has 1 amide bonds. The fourth-order valence-corrected chi connectivity index (χ4v) is 0.915. The predicted octanol–water partition coefficient (Wildman–Crippen LogP) is -0.134. The molecule has 0 aromatic heterocycles. The zero-order valence-electron chi connectivity index (χ0n) is 6.05. The highest BCUT2D eigenvalue weighted by Gasteiger charge is 2.40. The van der Waals surface area contributed by atoms with Gasteiger partial charge in [0.15, 0.2) is 0 Å².